The molecule has 1 aromatic carbocycles. The fourth-order valence-corrected chi connectivity index (χ4v) is 2.43. The second-order valence-corrected chi connectivity index (χ2v) is 5.55. The molecule has 0 fully saturated rings. The first-order valence-corrected chi connectivity index (χ1v) is 7.52. The van der Waals surface area contributed by atoms with E-state index in [2.05, 4.69) is 15.5 Å². The highest BCUT2D eigenvalue weighted by molar-refractivity contribution is 6.33. The van der Waals surface area contributed by atoms with Crippen LogP contribution in [-0.2, 0) is 18.4 Å². The first-order chi connectivity index (χ1) is 11.5. The van der Waals surface area contributed by atoms with Crippen molar-refractivity contribution in [2.45, 2.75) is 6.54 Å². The van der Waals surface area contributed by atoms with E-state index in [0.29, 0.717) is 22.0 Å². The molecule has 7 nitrogen and oxygen atoms in total. The van der Waals surface area contributed by atoms with E-state index < -0.39 is 0 Å². The number of aromatic nitrogens is 4. The Morgan fingerprint density at radius 2 is 2.04 bits per heavy atom. The van der Waals surface area contributed by atoms with Crippen LogP contribution in [0.4, 0.5) is 5.69 Å². The molecule has 0 spiro atoms. The van der Waals surface area contributed by atoms with Gasteiger partial charge in [0.2, 0.25) is 5.91 Å². The maximum Gasteiger partial charge on any atom is 0.267 e. The van der Waals surface area contributed by atoms with Gasteiger partial charge in [-0.3, -0.25) is 14.3 Å². The third-order valence-electron chi connectivity index (χ3n) is 3.30. The highest BCUT2D eigenvalue weighted by Gasteiger charge is 2.10. The van der Waals surface area contributed by atoms with Crippen LogP contribution < -0.4 is 10.9 Å². The van der Waals surface area contributed by atoms with Crippen LogP contribution in [0.3, 0.4) is 0 Å². The maximum absolute atomic E-state index is 12.1. The zero-order chi connectivity index (χ0) is 17.1. The fourth-order valence-electron chi connectivity index (χ4n) is 2.20. The Hall–Kier alpha value is -2.93. The molecule has 8 heteroatoms. The minimum atomic E-state index is -0.368. The van der Waals surface area contributed by atoms with Crippen molar-refractivity contribution in [3.8, 4) is 11.3 Å². The lowest BCUT2D eigenvalue weighted by Crippen LogP contribution is -2.29. The maximum atomic E-state index is 12.1. The third-order valence-corrected chi connectivity index (χ3v) is 3.63. The smallest absolute Gasteiger partial charge is 0.267 e. The monoisotopic (exact) mass is 343 g/mol. The summed E-state index contributed by atoms with van der Waals surface area (Å²) >= 11 is 6.15. The molecule has 0 aliphatic rings. The Morgan fingerprint density at radius 3 is 2.75 bits per heavy atom. The number of nitrogens with zero attached hydrogens (tertiary/aromatic N) is 4. The van der Waals surface area contributed by atoms with E-state index in [1.54, 1.807) is 36.1 Å². The molecule has 0 aliphatic carbocycles. The number of halogens is 1. The van der Waals surface area contributed by atoms with Gasteiger partial charge in [0, 0.05) is 24.9 Å². The van der Waals surface area contributed by atoms with Gasteiger partial charge in [0.15, 0.2) is 0 Å². The molecule has 2 heterocycles. The van der Waals surface area contributed by atoms with Gasteiger partial charge in [-0.25, -0.2) is 4.68 Å². The van der Waals surface area contributed by atoms with Crippen molar-refractivity contribution in [2.75, 3.05) is 5.32 Å². The van der Waals surface area contributed by atoms with Crippen LogP contribution in [0.5, 0.6) is 0 Å². The Kier molecular flexibility index (Phi) is 4.43. The van der Waals surface area contributed by atoms with E-state index in [-0.39, 0.29) is 18.0 Å². The molecule has 0 saturated heterocycles. The fraction of sp³-hybridized carbons (Fsp3) is 0.125. The summed E-state index contributed by atoms with van der Waals surface area (Å²) in [5, 5.41) is 11.4. The molecular weight excluding hydrogens is 330 g/mol. The largest absolute Gasteiger partial charge is 0.322 e. The lowest BCUT2D eigenvalue weighted by atomic mass is 10.1. The molecule has 1 amide bonds. The summed E-state index contributed by atoms with van der Waals surface area (Å²) in [6, 6.07) is 10.1. The second kappa shape index (κ2) is 6.67. The number of amides is 1. The number of rotatable bonds is 4. The summed E-state index contributed by atoms with van der Waals surface area (Å²) < 4.78 is 2.67. The summed E-state index contributed by atoms with van der Waals surface area (Å²) in [5.74, 6) is -0.367. The van der Waals surface area contributed by atoms with Gasteiger partial charge in [0.05, 0.1) is 22.6 Å². The second-order valence-electron chi connectivity index (χ2n) is 5.15. The average molecular weight is 344 g/mol. The van der Waals surface area contributed by atoms with Crippen molar-refractivity contribution in [1.82, 2.24) is 19.6 Å². The molecule has 0 unspecified atom stereocenters. The van der Waals surface area contributed by atoms with Gasteiger partial charge in [-0.05, 0) is 12.1 Å². The van der Waals surface area contributed by atoms with Crippen molar-refractivity contribution in [2.24, 2.45) is 7.05 Å². The Balaban J connectivity index is 1.83. The molecule has 0 saturated carbocycles. The van der Waals surface area contributed by atoms with Crippen LogP contribution in [-0.4, -0.2) is 25.5 Å². The summed E-state index contributed by atoms with van der Waals surface area (Å²) in [7, 11) is 1.74. The number of carbonyl (C=O) groups is 1. The van der Waals surface area contributed by atoms with Gasteiger partial charge in [-0.1, -0.05) is 29.8 Å². The number of aryl methyl sites for hydroxylation is 1. The van der Waals surface area contributed by atoms with E-state index in [1.807, 2.05) is 12.1 Å². The number of anilines is 1. The third kappa shape index (κ3) is 3.52. The lowest BCUT2D eigenvalue weighted by molar-refractivity contribution is -0.117. The molecule has 0 bridgehead atoms. The quantitative estimate of drug-likeness (QED) is 0.784. The normalized spacial score (nSPS) is 10.6. The molecular formula is C16H14ClN5O2. The minimum absolute atomic E-state index is 0.202. The molecule has 1 N–H and O–H groups in total. The number of nitrogens with one attached hydrogen (secondary N) is 1. The van der Waals surface area contributed by atoms with Gasteiger partial charge in [0.25, 0.3) is 5.56 Å². The summed E-state index contributed by atoms with van der Waals surface area (Å²) in [6.45, 7) is -0.202. The summed E-state index contributed by atoms with van der Waals surface area (Å²) in [5.41, 5.74) is 1.40. The van der Waals surface area contributed by atoms with Crippen LogP contribution in [0, 0.1) is 0 Å². The van der Waals surface area contributed by atoms with Crippen molar-refractivity contribution in [3.63, 3.8) is 0 Å². The topological polar surface area (TPSA) is 81.8 Å². The van der Waals surface area contributed by atoms with Gasteiger partial charge < -0.3 is 5.32 Å². The van der Waals surface area contributed by atoms with Crippen molar-refractivity contribution < 1.29 is 4.79 Å². The summed E-state index contributed by atoms with van der Waals surface area (Å²) in [6.07, 6.45) is 3.18. The van der Waals surface area contributed by atoms with Gasteiger partial charge in [-0.2, -0.15) is 10.2 Å². The lowest BCUT2D eigenvalue weighted by Gasteiger charge is -2.08. The number of benzene rings is 1. The van der Waals surface area contributed by atoms with Crippen molar-refractivity contribution in [3.05, 3.63) is 64.2 Å². The Labute approximate surface area is 142 Å². The zero-order valence-corrected chi connectivity index (χ0v) is 13.6. The van der Waals surface area contributed by atoms with Crippen LogP contribution in [0.15, 0.2) is 53.6 Å². The van der Waals surface area contributed by atoms with Gasteiger partial charge >= 0.3 is 0 Å². The van der Waals surface area contributed by atoms with Crippen LogP contribution in [0.1, 0.15) is 0 Å². The standard InChI is InChI=1S/C16H14ClN5O2/c1-21-9-11(8-18-21)19-15(23)10-22-16(24)7-6-14(20-22)12-4-2-3-5-13(12)17/h2-9H,10H2,1H3,(H,19,23). The molecule has 2 aromatic heterocycles. The van der Waals surface area contributed by atoms with E-state index in [1.165, 1.54) is 12.3 Å². The Morgan fingerprint density at radius 1 is 1.25 bits per heavy atom. The first kappa shape index (κ1) is 15.9. The van der Waals surface area contributed by atoms with E-state index in [4.69, 9.17) is 11.6 Å². The van der Waals surface area contributed by atoms with Crippen molar-refractivity contribution in [1.29, 1.82) is 0 Å². The van der Waals surface area contributed by atoms with E-state index in [0.717, 1.165) is 4.68 Å². The zero-order valence-electron chi connectivity index (χ0n) is 12.8. The average Bonchev–Trinajstić information content (AvgIpc) is 2.95. The minimum Gasteiger partial charge on any atom is -0.322 e. The Bertz CT molecular complexity index is 947. The first-order valence-electron chi connectivity index (χ1n) is 7.14. The number of hydrogen-bond donors (Lipinski definition) is 1. The number of carbonyl (C=O) groups excluding carboxylic acids is 1. The predicted octanol–water partition coefficient (Wildman–Crippen LogP) is 1.94. The van der Waals surface area contributed by atoms with Gasteiger partial charge in [-0.15, -0.1) is 0 Å². The molecule has 0 atom stereocenters. The molecule has 0 radical (unpaired) electrons. The highest BCUT2D eigenvalue weighted by atomic mass is 35.5. The number of hydrogen-bond acceptors (Lipinski definition) is 4. The highest BCUT2D eigenvalue weighted by Crippen LogP contribution is 2.24. The molecule has 0 aliphatic heterocycles. The van der Waals surface area contributed by atoms with Crippen LogP contribution in [0.25, 0.3) is 11.3 Å². The summed E-state index contributed by atoms with van der Waals surface area (Å²) in [4.78, 5) is 24.0. The molecule has 24 heavy (non-hydrogen) atoms. The van der Waals surface area contributed by atoms with E-state index in [9.17, 15) is 9.59 Å². The molecule has 3 aromatic rings. The SMILES string of the molecule is Cn1cc(NC(=O)Cn2nc(-c3ccccc3Cl)ccc2=O)cn1. The van der Waals surface area contributed by atoms with E-state index >= 15 is 0 Å². The van der Waals surface area contributed by atoms with Crippen LogP contribution in [0.2, 0.25) is 5.02 Å². The predicted molar refractivity (Wildman–Crippen MR) is 90.8 cm³/mol. The van der Waals surface area contributed by atoms with Gasteiger partial charge in [0.1, 0.15) is 6.54 Å². The molecule has 122 valence electrons. The molecule has 3 rings (SSSR count). The van der Waals surface area contributed by atoms with Crippen molar-refractivity contribution >= 4 is 23.2 Å². The van der Waals surface area contributed by atoms with Crippen LogP contribution >= 0.6 is 11.6 Å².